The van der Waals surface area contributed by atoms with Gasteiger partial charge in [0.2, 0.25) is 0 Å². The molecule has 1 aromatic heterocycles. The summed E-state index contributed by atoms with van der Waals surface area (Å²) in [4.78, 5) is 6.63. The van der Waals surface area contributed by atoms with E-state index >= 15 is 0 Å². The second-order valence-corrected chi connectivity index (χ2v) is 4.43. The largest absolute Gasteiger partial charge is 0.384 e. The Kier molecular flexibility index (Phi) is 1.66. The van der Waals surface area contributed by atoms with E-state index in [4.69, 9.17) is 5.73 Å². The molecule has 2 bridgehead atoms. The van der Waals surface area contributed by atoms with E-state index in [1.54, 1.807) is 0 Å². The van der Waals surface area contributed by atoms with Gasteiger partial charge in [0, 0.05) is 12.6 Å². The first-order chi connectivity index (χ1) is 6.83. The lowest BCUT2D eigenvalue weighted by Gasteiger charge is -2.28. The minimum Gasteiger partial charge on any atom is -0.384 e. The van der Waals surface area contributed by atoms with Crippen molar-refractivity contribution >= 4 is 11.5 Å². The normalized spacial score (nSPS) is 29.9. The molecule has 3 rings (SSSR count). The number of nitrogens with two attached hydrogens (primary N) is 1. The second-order valence-electron chi connectivity index (χ2n) is 4.43. The van der Waals surface area contributed by atoms with E-state index in [0.29, 0.717) is 5.82 Å². The molecule has 14 heavy (non-hydrogen) atoms. The number of rotatable bonds is 1. The Balaban J connectivity index is 1.86. The number of hydrogen-bond acceptors (Lipinski definition) is 3. The van der Waals surface area contributed by atoms with E-state index in [1.807, 2.05) is 12.3 Å². The third-order valence-electron chi connectivity index (χ3n) is 3.51. The van der Waals surface area contributed by atoms with Crippen molar-refractivity contribution in [2.45, 2.75) is 25.3 Å². The first kappa shape index (κ1) is 8.09. The third kappa shape index (κ3) is 1.15. The zero-order chi connectivity index (χ0) is 9.54. The van der Waals surface area contributed by atoms with Crippen LogP contribution in [0.15, 0.2) is 18.3 Å². The molecule has 2 aliphatic rings. The smallest absolute Gasteiger partial charge is 0.123 e. The minimum absolute atomic E-state index is 0.609. The molecule has 0 aromatic carbocycles. The molecule has 0 amide bonds. The van der Waals surface area contributed by atoms with Crippen molar-refractivity contribution in [1.82, 2.24) is 4.98 Å². The van der Waals surface area contributed by atoms with Gasteiger partial charge in [-0.25, -0.2) is 4.98 Å². The average molecular weight is 189 g/mol. The van der Waals surface area contributed by atoms with Crippen LogP contribution in [0.1, 0.15) is 19.3 Å². The van der Waals surface area contributed by atoms with Crippen molar-refractivity contribution in [2.75, 3.05) is 17.2 Å². The van der Waals surface area contributed by atoms with Crippen molar-refractivity contribution in [2.24, 2.45) is 5.92 Å². The fourth-order valence-electron chi connectivity index (χ4n) is 2.81. The van der Waals surface area contributed by atoms with Crippen molar-refractivity contribution in [3.05, 3.63) is 18.3 Å². The standard InChI is InChI=1S/C11H15N3/c12-11-4-3-10(6-13-11)14-7-8-1-2-9(14)5-8/h3-4,6,8-9H,1-2,5,7H2,(H2,12,13). The quantitative estimate of drug-likeness (QED) is 0.730. The number of fused-ring (bicyclic) bond motifs is 2. The summed E-state index contributed by atoms with van der Waals surface area (Å²) < 4.78 is 0. The van der Waals surface area contributed by atoms with Gasteiger partial charge in [0.25, 0.3) is 0 Å². The first-order valence-electron chi connectivity index (χ1n) is 5.31. The van der Waals surface area contributed by atoms with E-state index in [9.17, 15) is 0 Å². The maximum Gasteiger partial charge on any atom is 0.123 e. The third-order valence-corrected chi connectivity index (χ3v) is 3.51. The summed E-state index contributed by atoms with van der Waals surface area (Å²) in [7, 11) is 0. The number of hydrogen-bond donors (Lipinski definition) is 1. The molecule has 1 aliphatic heterocycles. The Labute approximate surface area is 83.9 Å². The molecule has 0 radical (unpaired) electrons. The van der Waals surface area contributed by atoms with Crippen molar-refractivity contribution in [1.29, 1.82) is 0 Å². The Morgan fingerprint density at radius 3 is 2.86 bits per heavy atom. The maximum atomic E-state index is 5.57. The summed E-state index contributed by atoms with van der Waals surface area (Å²) in [6.45, 7) is 1.22. The fourth-order valence-corrected chi connectivity index (χ4v) is 2.81. The van der Waals surface area contributed by atoms with Crippen molar-refractivity contribution < 1.29 is 0 Å². The van der Waals surface area contributed by atoms with E-state index < -0.39 is 0 Å². The molecule has 0 spiro atoms. The van der Waals surface area contributed by atoms with E-state index in [1.165, 1.54) is 31.5 Å². The van der Waals surface area contributed by atoms with Gasteiger partial charge in [-0.05, 0) is 37.3 Å². The highest BCUT2D eigenvalue weighted by molar-refractivity contribution is 5.50. The van der Waals surface area contributed by atoms with Crippen LogP contribution in [0.25, 0.3) is 0 Å². The van der Waals surface area contributed by atoms with Crippen molar-refractivity contribution in [3.8, 4) is 0 Å². The topological polar surface area (TPSA) is 42.1 Å². The molecule has 2 fully saturated rings. The van der Waals surface area contributed by atoms with Crippen LogP contribution in [-0.4, -0.2) is 17.6 Å². The second kappa shape index (κ2) is 2.87. The number of aromatic nitrogens is 1. The van der Waals surface area contributed by atoms with Crippen LogP contribution in [0.4, 0.5) is 11.5 Å². The summed E-state index contributed by atoms with van der Waals surface area (Å²) in [5, 5.41) is 0. The number of nitrogen functional groups attached to an aromatic ring is 1. The average Bonchev–Trinajstić information content (AvgIpc) is 2.80. The van der Waals surface area contributed by atoms with Gasteiger partial charge < -0.3 is 10.6 Å². The Morgan fingerprint density at radius 2 is 2.29 bits per heavy atom. The molecule has 2 unspecified atom stereocenters. The van der Waals surface area contributed by atoms with Crippen LogP contribution in [0.2, 0.25) is 0 Å². The zero-order valence-corrected chi connectivity index (χ0v) is 8.19. The lowest BCUT2D eigenvalue weighted by molar-refractivity contribution is 0.553. The highest BCUT2D eigenvalue weighted by Crippen LogP contribution is 2.39. The maximum absolute atomic E-state index is 5.57. The highest BCUT2D eigenvalue weighted by Gasteiger charge is 2.37. The van der Waals surface area contributed by atoms with Gasteiger partial charge in [-0.2, -0.15) is 0 Å². The number of nitrogens with zero attached hydrogens (tertiary/aromatic N) is 2. The first-order valence-corrected chi connectivity index (χ1v) is 5.31. The van der Waals surface area contributed by atoms with Gasteiger partial charge in [-0.3, -0.25) is 0 Å². The summed E-state index contributed by atoms with van der Waals surface area (Å²) in [5.74, 6) is 1.54. The van der Waals surface area contributed by atoms with Gasteiger partial charge >= 0.3 is 0 Å². The van der Waals surface area contributed by atoms with Crippen LogP contribution < -0.4 is 10.6 Å². The Hall–Kier alpha value is -1.25. The molecule has 1 saturated carbocycles. The van der Waals surface area contributed by atoms with E-state index in [2.05, 4.69) is 16.0 Å². The summed E-state index contributed by atoms with van der Waals surface area (Å²) >= 11 is 0. The number of pyridine rings is 1. The SMILES string of the molecule is Nc1ccc(N2CC3CCC2C3)cn1. The Morgan fingerprint density at radius 1 is 1.36 bits per heavy atom. The van der Waals surface area contributed by atoms with E-state index in [0.717, 1.165) is 12.0 Å². The van der Waals surface area contributed by atoms with Gasteiger partial charge in [-0.1, -0.05) is 0 Å². The number of anilines is 2. The van der Waals surface area contributed by atoms with Crippen LogP contribution >= 0.6 is 0 Å². The van der Waals surface area contributed by atoms with Crippen LogP contribution in [0, 0.1) is 5.92 Å². The van der Waals surface area contributed by atoms with Gasteiger partial charge in [-0.15, -0.1) is 0 Å². The molecule has 74 valence electrons. The zero-order valence-electron chi connectivity index (χ0n) is 8.19. The fraction of sp³-hybridized carbons (Fsp3) is 0.545. The van der Waals surface area contributed by atoms with E-state index in [-0.39, 0.29) is 0 Å². The summed E-state index contributed by atoms with van der Waals surface area (Å²) in [6.07, 6.45) is 6.05. The molecule has 3 heteroatoms. The summed E-state index contributed by atoms with van der Waals surface area (Å²) in [5.41, 5.74) is 6.81. The van der Waals surface area contributed by atoms with Gasteiger partial charge in [0.1, 0.15) is 5.82 Å². The minimum atomic E-state index is 0.609. The number of piperidine rings is 1. The molecule has 2 heterocycles. The lowest BCUT2D eigenvalue weighted by Crippen LogP contribution is -2.31. The predicted molar refractivity (Wildman–Crippen MR) is 57.1 cm³/mol. The van der Waals surface area contributed by atoms with Crippen molar-refractivity contribution in [3.63, 3.8) is 0 Å². The summed E-state index contributed by atoms with van der Waals surface area (Å²) in [6, 6.07) is 4.75. The van der Waals surface area contributed by atoms with Crippen LogP contribution in [0.5, 0.6) is 0 Å². The molecule has 2 N–H and O–H groups in total. The molecule has 3 nitrogen and oxygen atoms in total. The molecular formula is C11H15N3. The highest BCUT2D eigenvalue weighted by atomic mass is 15.2. The molecular weight excluding hydrogens is 174 g/mol. The molecule has 1 saturated heterocycles. The van der Waals surface area contributed by atoms with Crippen LogP contribution in [-0.2, 0) is 0 Å². The molecule has 1 aliphatic carbocycles. The van der Waals surface area contributed by atoms with Crippen LogP contribution in [0.3, 0.4) is 0 Å². The predicted octanol–water partition coefficient (Wildman–Crippen LogP) is 1.65. The van der Waals surface area contributed by atoms with Gasteiger partial charge in [0.05, 0.1) is 11.9 Å². The molecule has 1 aromatic rings. The Bertz CT molecular complexity index is 333. The monoisotopic (exact) mass is 189 g/mol. The lowest BCUT2D eigenvalue weighted by atomic mass is 10.1. The van der Waals surface area contributed by atoms with Gasteiger partial charge in [0.15, 0.2) is 0 Å². The molecule has 2 atom stereocenters.